The van der Waals surface area contributed by atoms with Crippen LogP contribution in [0.1, 0.15) is 39.4 Å². The van der Waals surface area contributed by atoms with E-state index in [0.29, 0.717) is 0 Å². The first-order valence-electron chi connectivity index (χ1n) is 4.59. The summed E-state index contributed by atoms with van der Waals surface area (Å²) in [6, 6.07) is 0. The quantitative estimate of drug-likeness (QED) is 0.679. The van der Waals surface area contributed by atoms with Crippen LogP contribution in [0, 0.1) is 0 Å². The molecule has 1 heterocycles. The monoisotopic (exact) mass is 169 g/mol. The number of aromatic nitrogens is 3. The summed E-state index contributed by atoms with van der Waals surface area (Å²) in [4.78, 5) is 4.06. The minimum Gasteiger partial charge on any atom is -0.253 e. The Kier molecular flexibility index (Phi) is 6.34. The van der Waals surface area contributed by atoms with Crippen LogP contribution in [-0.4, -0.2) is 14.8 Å². The second-order valence-corrected chi connectivity index (χ2v) is 2.76. The second-order valence-electron chi connectivity index (χ2n) is 2.76. The van der Waals surface area contributed by atoms with E-state index >= 15 is 0 Å². The van der Waals surface area contributed by atoms with E-state index in [4.69, 9.17) is 0 Å². The van der Waals surface area contributed by atoms with E-state index in [-0.39, 0.29) is 0 Å². The molecule has 3 nitrogen and oxygen atoms in total. The van der Waals surface area contributed by atoms with Crippen LogP contribution in [0.2, 0.25) is 0 Å². The Morgan fingerprint density at radius 1 is 1.33 bits per heavy atom. The van der Waals surface area contributed by atoms with E-state index in [1.807, 2.05) is 11.7 Å². The molecule has 0 aromatic carbocycles. The smallest absolute Gasteiger partial charge is 0.138 e. The third kappa shape index (κ3) is 4.11. The minimum absolute atomic E-state index is 1.02. The van der Waals surface area contributed by atoms with Gasteiger partial charge in [0.1, 0.15) is 12.2 Å². The molecule has 0 saturated carbocycles. The summed E-state index contributed by atoms with van der Waals surface area (Å²) in [5.74, 6) is 1.07. The Labute approximate surface area is 74.8 Å². The summed E-state index contributed by atoms with van der Waals surface area (Å²) in [6.45, 7) is 6.38. The van der Waals surface area contributed by atoms with Gasteiger partial charge in [-0.25, -0.2) is 4.98 Å². The highest BCUT2D eigenvalue weighted by molar-refractivity contribution is 4.81. The van der Waals surface area contributed by atoms with Crippen molar-refractivity contribution in [3.63, 3.8) is 0 Å². The van der Waals surface area contributed by atoms with Crippen molar-refractivity contribution < 1.29 is 0 Å². The maximum Gasteiger partial charge on any atom is 0.138 e. The molecule has 0 atom stereocenters. The summed E-state index contributed by atoms with van der Waals surface area (Å²) < 4.78 is 1.81. The number of aryl methyl sites for hydroxylation is 2. The Bertz CT molecular complexity index is 193. The number of nitrogens with zero attached hydrogens (tertiary/aromatic N) is 3. The highest BCUT2D eigenvalue weighted by Gasteiger charge is 1.95. The van der Waals surface area contributed by atoms with Crippen molar-refractivity contribution in [3.05, 3.63) is 12.2 Å². The van der Waals surface area contributed by atoms with Gasteiger partial charge in [-0.05, 0) is 6.42 Å². The first kappa shape index (κ1) is 11.1. The van der Waals surface area contributed by atoms with Gasteiger partial charge in [-0.3, -0.25) is 4.68 Å². The van der Waals surface area contributed by atoms with Crippen LogP contribution in [0.3, 0.4) is 0 Å². The van der Waals surface area contributed by atoms with Gasteiger partial charge in [0.25, 0.3) is 0 Å². The van der Waals surface area contributed by atoms with Gasteiger partial charge < -0.3 is 0 Å². The Balaban J connectivity index is 0.000000354. The van der Waals surface area contributed by atoms with E-state index in [9.17, 15) is 0 Å². The molecular weight excluding hydrogens is 150 g/mol. The third-order valence-electron chi connectivity index (χ3n) is 1.28. The van der Waals surface area contributed by atoms with E-state index in [2.05, 4.69) is 30.9 Å². The minimum atomic E-state index is 1.02. The summed E-state index contributed by atoms with van der Waals surface area (Å²) in [6.07, 6.45) is 4.99. The zero-order valence-electron chi connectivity index (χ0n) is 8.54. The Hall–Kier alpha value is -0.860. The molecule has 0 bridgehead atoms. The number of rotatable bonds is 2. The topological polar surface area (TPSA) is 30.7 Å². The summed E-state index contributed by atoms with van der Waals surface area (Å²) >= 11 is 0. The van der Waals surface area contributed by atoms with Gasteiger partial charge >= 0.3 is 0 Å². The van der Waals surface area contributed by atoms with Gasteiger partial charge in [0.05, 0.1) is 0 Å². The highest BCUT2D eigenvalue weighted by atomic mass is 15.3. The summed E-state index contributed by atoms with van der Waals surface area (Å²) in [7, 11) is 1.91. The van der Waals surface area contributed by atoms with Crippen LogP contribution < -0.4 is 0 Å². The maximum absolute atomic E-state index is 4.06. The maximum atomic E-state index is 4.06. The molecule has 0 radical (unpaired) electrons. The Morgan fingerprint density at radius 2 is 1.92 bits per heavy atom. The van der Waals surface area contributed by atoms with Crippen molar-refractivity contribution in [2.24, 2.45) is 7.05 Å². The molecule has 3 heteroatoms. The first-order valence-corrected chi connectivity index (χ1v) is 4.59. The number of hydrogen-bond donors (Lipinski definition) is 0. The van der Waals surface area contributed by atoms with Gasteiger partial charge in [0.2, 0.25) is 0 Å². The van der Waals surface area contributed by atoms with Gasteiger partial charge in [-0.2, -0.15) is 5.10 Å². The molecule has 0 spiro atoms. The normalized spacial score (nSPS) is 9.00. The largest absolute Gasteiger partial charge is 0.253 e. The van der Waals surface area contributed by atoms with Gasteiger partial charge in [0.15, 0.2) is 0 Å². The molecule has 12 heavy (non-hydrogen) atoms. The first-order chi connectivity index (χ1) is 5.76. The average molecular weight is 169 g/mol. The van der Waals surface area contributed by atoms with Crippen molar-refractivity contribution >= 4 is 0 Å². The lowest BCUT2D eigenvalue weighted by molar-refractivity contribution is 0.687. The lowest BCUT2D eigenvalue weighted by Gasteiger charge is -1.93. The highest BCUT2D eigenvalue weighted by Crippen LogP contribution is 1.93. The standard InChI is InChI=1S/C6H11N3.C3H8/c1-3-4-6-7-5-8-9(6)2;1-3-2/h5H,3-4H2,1-2H3;3H2,1-2H3. The molecule has 1 rings (SSSR count). The summed E-state index contributed by atoms with van der Waals surface area (Å²) in [5, 5.41) is 3.94. The van der Waals surface area contributed by atoms with E-state index in [0.717, 1.165) is 18.7 Å². The molecule has 0 aliphatic heterocycles. The van der Waals surface area contributed by atoms with Crippen molar-refractivity contribution in [3.8, 4) is 0 Å². The molecule has 0 N–H and O–H groups in total. The lowest BCUT2D eigenvalue weighted by atomic mass is 10.3. The zero-order chi connectivity index (χ0) is 9.40. The van der Waals surface area contributed by atoms with Crippen LogP contribution in [0.5, 0.6) is 0 Å². The van der Waals surface area contributed by atoms with Gasteiger partial charge in [0, 0.05) is 13.5 Å². The Morgan fingerprint density at radius 3 is 2.25 bits per heavy atom. The predicted molar refractivity (Wildman–Crippen MR) is 51.0 cm³/mol. The van der Waals surface area contributed by atoms with Crippen molar-refractivity contribution in [1.82, 2.24) is 14.8 Å². The van der Waals surface area contributed by atoms with E-state index in [1.54, 1.807) is 6.33 Å². The fourth-order valence-electron chi connectivity index (χ4n) is 0.770. The van der Waals surface area contributed by atoms with Crippen LogP contribution in [0.4, 0.5) is 0 Å². The van der Waals surface area contributed by atoms with Gasteiger partial charge in [-0.1, -0.05) is 27.2 Å². The van der Waals surface area contributed by atoms with Crippen LogP contribution in [-0.2, 0) is 13.5 Å². The molecule has 0 unspecified atom stereocenters. The van der Waals surface area contributed by atoms with E-state index in [1.165, 1.54) is 6.42 Å². The molecule has 70 valence electrons. The van der Waals surface area contributed by atoms with Gasteiger partial charge in [-0.15, -0.1) is 0 Å². The third-order valence-corrected chi connectivity index (χ3v) is 1.28. The van der Waals surface area contributed by atoms with Crippen molar-refractivity contribution in [2.75, 3.05) is 0 Å². The fourth-order valence-corrected chi connectivity index (χ4v) is 0.770. The SMILES string of the molecule is CCC.CCCc1ncnn1C. The molecule has 0 saturated heterocycles. The average Bonchev–Trinajstić information content (AvgIpc) is 2.39. The second kappa shape index (κ2) is 6.83. The van der Waals surface area contributed by atoms with E-state index < -0.39 is 0 Å². The van der Waals surface area contributed by atoms with Crippen LogP contribution >= 0.6 is 0 Å². The van der Waals surface area contributed by atoms with Crippen LogP contribution in [0.15, 0.2) is 6.33 Å². The molecule has 1 aromatic rings. The number of hydrogen-bond acceptors (Lipinski definition) is 2. The molecule has 0 amide bonds. The van der Waals surface area contributed by atoms with Crippen molar-refractivity contribution in [1.29, 1.82) is 0 Å². The summed E-state index contributed by atoms with van der Waals surface area (Å²) in [5.41, 5.74) is 0. The molecular formula is C9H19N3. The molecule has 0 aliphatic rings. The zero-order valence-corrected chi connectivity index (χ0v) is 8.54. The molecule has 1 aromatic heterocycles. The van der Waals surface area contributed by atoms with Crippen molar-refractivity contribution in [2.45, 2.75) is 40.0 Å². The molecule has 0 aliphatic carbocycles. The molecule has 0 fully saturated rings. The predicted octanol–water partition coefficient (Wildman–Crippen LogP) is 2.18. The fraction of sp³-hybridized carbons (Fsp3) is 0.778. The lowest BCUT2D eigenvalue weighted by Crippen LogP contribution is -1.98. The van der Waals surface area contributed by atoms with Crippen LogP contribution in [0.25, 0.3) is 0 Å².